The predicted octanol–water partition coefficient (Wildman–Crippen LogP) is 3.64. The van der Waals surface area contributed by atoms with Gasteiger partial charge in [0.25, 0.3) is 0 Å². The number of hydrogen-bond donors (Lipinski definition) is 4. The summed E-state index contributed by atoms with van der Waals surface area (Å²) in [5.41, 5.74) is 14.2. The van der Waals surface area contributed by atoms with Gasteiger partial charge in [0.05, 0.1) is 20.4 Å². The molecule has 2 aromatic heterocycles. The highest BCUT2D eigenvalue weighted by Gasteiger charge is 2.06. The van der Waals surface area contributed by atoms with Crippen molar-refractivity contribution < 1.29 is 0 Å². The number of benzene rings is 2. The van der Waals surface area contributed by atoms with Gasteiger partial charge in [-0.05, 0) is 48.6 Å². The molecule has 0 saturated carbocycles. The Morgan fingerprint density at radius 3 is 1.58 bits per heavy atom. The van der Waals surface area contributed by atoms with Crippen LogP contribution in [-0.2, 0) is 0 Å². The minimum Gasteiger partial charge on any atom is -0.384 e. The van der Waals surface area contributed by atoms with Crippen LogP contribution in [0.15, 0.2) is 36.4 Å². The van der Waals surface area contributed by atoms with Crippen LogP contribution in [0.3, 0.4) is 0 Å². The van der Waals surface area contributed by atoms with Gasteiger partial charge >= 0.3 is 0 Å². The fourth-order valence-electron chi connectivity index (χ4n) is 2.51. The van der Waals surface area contributed by atoms with Gasteiger partial charge in [-0.25, -0.2) is 9.97 Å². The number of fused-ring (bicyclic) bond motifs is 2. The molecule has 0 unspecified atom stereocenters. The Kier molecular flexibility index (Phi) is 3.98. The molecule has 6 N–H and O–H groups in total. The largest absolute Gasteiger partial charge is 0.384 e. The van der Waals surface area contributed by atoms with Gasteiger partial charge in [0.15, 0.2) is 0 Å². The molecule has 6 nitrogen and oxygen atoms in total. The lowest BCUT2D eigenvalue weighted by atomic mass is 10.2. The number of rotatable bonds is 4. The number of nitrogen functional groups attached to an aromatic ring is 2. The standard InChI is InChI=1S/C18H14N6S2/c19-17(20)9-1-3-11-13(7-9)25-15(23-11)5-6-16-24-12-4-2-10(18(21)22)8-14(12)26-16/h1-8H,(H3,19,20)(H3,21,22)/b6-5+. The SMILES string of the molecule is N=C(N)c1ccc2nc(/C=C/c3nc4ccc(C(=N)N)cc4s3)sc2c1. The molecule has 2 aromatic carbocycles. The zero-order chi connectivity index (χ0) is 18.3. The lowest BCUT2D eigenvalue weighted by molar-refractivity contribution is 1.42. The first-order valence-corrected chi connectivity index (χ1v) is 9.31. The number of thiazole rings is 2. The van der Waals surface area contributed by atoms with Crippen LogP contribution in [0.1, 0.15) is 21.1 Å². The van der Waals surface area contributed by atoms with Gasteiger partial charge in [-0.2, -0.15) is 0 Å². The maximum absolute atomic E-state index is 7.53. The first-order valence-electron chi connectivity index (χ1n) is 7.68. The minimum absolute atomic E-state index is 0.0526. The molecule has 128 valence electrons. The highest BCUT2D eigenvalue weighted by molar-refractivity contribution is 7.20. The molecule has 4 rings (SSSR count). The van der Waals surface area contributed by atoms with Crippen LogP contribution in [0.25, 0.3) is 32.6 Å². The zero-order valence-electron chi connectivity index (χ0n) is 13.5. The second-order valence-corrected chi connectivity index (χ2v) is 7.75. The highest BCUT2D eigenvalue weighted by atomic mass is 32.1. The van der Waals surface area contributed by atoms with Gasteiger partial charge in [-0.3, -0.25) is 10.8 Å². The summed E-state index contributed by atoms with van der Waals surface area (Å²) in [6, 6.07) is 11.1. The Balaban J connectivity index is 1.65. The third-order valence-electron chi connectivity index (χ3n) is 3.80. The zero-order valence-corrected chi connectivity index (χ0v) is 15.1. The average Bonchev–Trinajstić information content (AvgIpc) is 3.21. The molecule has 0 bridgehead atoms. The van der Waals surface area contributed by atoms with E-state index in [0.717, 1.165) is 30.4 Å². The van der Waals surface area contributed by atoms with Gasteiger partial charge in [0.1, 0.15) is 21.7 Å². The Labute approximate surface area is 156 Å². The van der Waals surface area contributed by atoms with Crippen molar-refractivity contribution in [2.24, 2.45) is 11.5 Å². The molecule has 0 spiro atoms. The van der Waals surface area contributed by atoms with Crippen molar-refractivity contribution >= 4 is 66.9 Å². The smallest absolute Gasteiger partial charge is 0.122 e. The number of nitrogens with one attached hydrogen (secondary N) is 2. The number of amidine groups is 2. The topological polar surface area (TPSA) is 126 Å². The van der Waals surface area contributed by atoms with E-state index in [1.54, 1.807) is 34.8 Å². The first-order chi connectivity index (χ1) is 12.5. The van der Waals surface area contributed by atoms with Gasteiger partial charge in [0.2, 0.25) is 0 Å². The van der Waals surface area contributed by atoms with E-state index in [1.807, 2.05) is 36.4 Å². The highest BCUT2D eigenvalue weighted by Crippen LogP contribution is 2.27. The van der Waals surface area contributed by atoms with Crippen molar-refractivity contribution in [3.8, 4) is 0 Å². The summed E-state index contributed by atoms with van der Waals surface area (Å²) >= 11 is 3.09. The molecular weight excluding hydrogens is 364 g/mol. The summed E-state index contributed by atoms with van der Waals surface area (Å²) in [4.78, 5) is 9.14. The Hall–Kier alpha value is -3.10. The number of nitrogens with two attached hydrogens (primary N) is 2. The van der Waals surface area contributed by atoms with E-state index in [2.05, 4.69) is 9.97 Å². The molecule has 26 heavy (non-hydrogen) atoms. The molecule has 0 aliphatic carbocycles. The molecule has 0 aliphatic rings. The van der Waals surface area contributed by atoms with Crippen molar-refractivity contribution in [3.05, 3.63) is 57.5 Å². The van der Waals surface area contributed by atoms with Crippen molar-refractivity contribution in [3.63, 3.8) is 0 Å². The summed E-state index contributed by atoms with van der Waals surface area (Å²) < 4.78 is 1.99. The predicted molar refractivity (Wildman–Crippen MR) is 110 cm³/mol. The summed E-state index contributed by atoms with van der Waals surface area (Å²) in [5, 5.41) is 16.8. The summed E-state index contributed by atoms with van der Waals surface area (Å²) in [5.74, 6) is 0.105. The van der Waals surface area contributed by atoms with Gasteiger partial charge in [-0.1, -0.05) is 0 Å². The van der Waals surface area contributed by atoms with E-state index >= 15 is 0 Å². The second kappa shape index (κ2) is 6.32. The molecule has 0 aliphatic heterocycles. The molecule has 0 atom stereocenters. The maximum atomic E-state index is 7.53. The molecule has 2 heterocycles. The van der Waals surface area contributed by atoms with Crippen molar-refractivity contribution in [2.75, 3.05) is 0 Å². The van der Waals surface area contributed by atoms with Crippen LogP contribution in [0, 0.1) is 10.8 Å². The lowest BCUT2D eigenvalue weighted by Gasteiger charge is -1.95. The lowest BCUT2D eigenvalue weighted by Crippen LogP contribution is -2.10. The Morgan fingerprint density at radius 2 is 1.19 bits per heavy atom. The molecule has 0 saturated heterocycles. The quantitative estimate of drug-likeness (QED) is 0.319. The molecule has 0 radical (unpaired) electrons. The fraction of sp³-hybridized carbons (Fsp3) is 0. The van der Waals surface area contributed by atoms with Crippen LogP contribution in [-0.4, -0.2) is 21.6 Å². The molecule has 4 aromatic rings. The fourth-order valence-corrected chi connectivity index (χ4v) is 4.32. The Morgan fingerprint density at radius 1 is 0.769 bits per heavy atom. The van der Waals surface area contributed by atoms with Crippen molar-refractivity contribution in [2.45, 2.75) is 0 Å². The third kappa shape index (κ3) is 3.07. The number of nitrogens with zero attached hydrogens (tertiary/aromatic N) is 2. The van der Waals surface area contributed by atoms with Gasteiger partial charge in [0, 0.05) is 11.1 Å². The van der Waals surface area contributed by atoms with E-state index < -0.39 is 0 Å². The van der Waals surface area contributed by atoms with Gasteiger partial charge < -0.3 is 11.5 Å². The van der Waals surface area contributed by atoms with Crippen LogP contribution in [0.4, 0.5) is 0 Å². The normalized spacial score (nSPS) is 11.5. The number of aromatic nitrogens is 2. The summed E-state index contributed by atoms with van der Waals surface area (Å²) in [7, 11) is 0. The summed E-state index contributed by atoms with van der Waals surface area (Å²) in [6.45, 7) is 0. The van der Waals surface area contributed by atoms with E-state index in [-0.39, 0.29) is 11.7 Å². The second-order valence-electron chi connectivity index (χ2n) is 5.63. The van der Waals surface area contributed by atoms with Crippen LogP contribution >= 0.6 is 22.7 Å². The molecule has 0 fully saturated rings. The van der Waals surface area contributed by atoms with Crippen LogP contribution < -0.4 is 11.5 Å². The van der Waals surface area contributed by atoms with Gasteiger partial charge in [-0.15, -0.1) is 22.7 Å². The molecule has 8 heteroatoms. The van der Waals surface area contributed by atoms with E-state index in [1.165, 1.54) is 0 Å². The average molecular weight is 378 g/mol. The minimum atomic E-state index is 0.0526. The van der Waals surface area contributed by atoms with E-state index in [4.69, 9.17) is 22.3 Å². The van der Waals surface area contributed by atoms with Crippen LogP contribution in [0.5, 0.6) is 0 Å². The van der Waals surface area contributed by atoms with Crippen LogP contribution in [0.2, 0.25) is 0 Å². The molecule has 0 amide bonds. The van der Waals surface area contributed by atoms with E-state index in [0.29, 0.717) is 11.1 Å². The third-order valence-corrected chi connectivity index (χ3v) is 5.77. The monoisotopic (exact) mass is 378 g/mol. The molecular formula is C18H14N6S2. The maximum Gasteiger partial charge on any atom is 0.122 e. The Bertz CT molecular complexity index is 1110. The first kappa shape index (κ1) is 16.4. The van der Waals surface area contributed by atoms with Crippen molar-refractivity contribution in [1.29, 1.82) is 10.8 Å². The summed E-state index contributed by atoms with van der Waals surface area (Å²) in [6.07, 6.45) is 3.86. The van der Waals surface area contributed by atoms with Crippen molar-refractivity contribution in [1.82, 2.24) is 9.97 Å². The van der Waals surface area contributed by atoms with E-state index in [9.17, 15) is 0 Å². The number of hydrogen-bond acceptors (Lipinski definition) is 6.